The molecule has 110 valence electrons. The molecule has 0 bridgehead atoms. The van der Waals surface area contributed by atoms with Crippen molar-refractivity contribution in [2.45, 2.75) is 25.8 Å². The zero-order chi connectivity index (χ0) is 15.1. The molecule has 1 aromatic heterocycles. The highest BCUT2D eigenvalue weighted by Crippen LogP contribution is 2.07. The molecular weight excluding hydrogens is 264 g/mol. The molecule has 1 atom stereocenters. The maximum absolute atomic E-state index is 12.1. The highest BCUT2D eigenvalue weighted by molar-refractivity contribution is 5.92. The molecule has 1 unspecified atom stereocenters. The molecule has 0 spiro atoms. The summed E-state index contributed by atoms with van der Waals surface area (Å²) in [5.41, 5.74) is 4.06. The molecule has 0 saturated heterocycles. The Hall–Kier alpha value is -2.40. The molecule has 5 heteroatoms. The fourth-order valence-electron chi connectivity index (χ4n) is 2.04. The Morgan fingerprint density at radius 1 is 1.19 bits per heavy atom. The van der Waals surface area contributed by atoms with Gasteiger partial charge in [0.25, 0.3) is 5.91 Å². The Kier molecular flexibility index (Phi) is 5.29. The number of aryl methyl sites for hydroxylation is 1. The standard InChI is InChI=1S/C16H20N4O/c1-12(10-11-13-6-3-2-4-7-13)18-16(21)14-8-5-9-15(19-14)20-17/h2-9,12H,10-11,17H2,1H3,(H,18,21)(H,19,20). The van der Waals surface area contributed by atoms with E-state index < -0.39 is 0 Å². The Bertz CT molecular complexity index is 586. The number of hydrogen-bond donors (Lipinski definition) is 3. The lowest BCUT2D eigenvalue weighted by Gasteiger charge is -2.14. The molecule has 0 aliphatic rings. The Balaban J connectivity index is 1.87. The van der Waals surface area contributed by atoms with Crippen molar-refractivity contribution in [3.05, 3.63) is 59.8 Å². The molecule has 2 rings (SSSR count). The van der Waals surface area contributed by atoms with Crippen molar-refractivity contribution in [2.75, 3.05) is 5.43 Å². The molecule has 0 saturated carbocycles. The van der Waals surface area contributed by atoms with Crippen LogP contribution in [0.4, 0.5) is 5.82 Å². The van der Waals surface area contributed by atoms with E-state index in [1.54, 1.807) is 18.2 Å². The van der Waals surface area contributed by atoms with Crippen molar-refractivity contribution in [3.8, 4) is 0 Å². The summed E-state index contributed by atoms with van der Waals surface area (Å²) in [6.45, 7) is 1.99. The third kappa shape index (κ3) is 4.57. The lowest BCUT2D eigenvalue weighted by atomic mass is 10.1. The van der Waals surface area contributed by atoms with Gasteiger partial charge < -0.3 is 10.7 Å². The van der Waals surface area contributed by atoms with Crippen molar-refractivity contribution < 1.29 is 4.79 Å². The summed E-state index contributed by atoms with van der Waals surface area (Å²) in [4.78, 5) is 16.2. The van der Waals surface area contributed by atoms with E-state index in [2.05, 4.69) is 27.9 Å². The molecule has 1 heterocycles. The van der Waals surface area contributed by atoms with Gasteiger partial charge in [-0.3, -0.25) is 4.79 Å². The van der Waals surface area contributed by atoms with Gasteiger partial charge >= 0.3 is 0 Å². The summed E-state index contributed by atoms with van der Waals surface area (Å²) in [5.74, 6) is 5.57. The van der Waals surface area contributed by atoms with Crippen molar-refractivity contribution in [1.29, 1.82) is 0 Å². The number of rotatable bonds is 6. The smallest absolute Gasteiger partial charge is 0.270 e. The average molecular weight is 284 g/mol. The van der Waals surface area contributed by atoms with Crippen molar-refractivity contribution in [1.82, 2.24) is 10.3 Å². The maximum atomic E-state index is 12.1. The van der Waals surface area contributed by atoms with Gasteiger partial charge in [0.2, 0.25) is 0 Å². The molecule has 5 nitrogen and oxygen atoms in total. The highest BCUT2D eigenvalue weighted by atomic mass is 16.1. The number of amides is 1. The second kappa shape index (κ2) is 7.40. The molecule has 2 aromatic rings. The lowest BCUT2D eigenvalue weighted by molar-refractivity contribution is 0.0933. The Labute approximate surface area is 124 Å². The van der Waals surface area contributed by atoms with E-state index in [0.29, 0.717) is 11.5 Å². The topological polar surface area (TPSA) is 80.0 Å². The predicted molar refractivity (Wildman–Crippen MR) is 83.7 cm³/mol. The first kappa shape index (κ1) is 15.0. The van der Waals surface area contributed by atoms with Crippen LogP contribution in [0.2, 0.25) is 0 Å². The van der Waals surface area contributed by atoms with E-state index >= 15 is 0 Å². The largest absolute Gasteiger partial charge is 0.348 e. The summed E-state index contributed by atoms with van der Waals surface area (Å²) in [6.07, 6.45) is 1.81. The van der Waals surface area contributed by atoms with Crippen molar-refractivity contribution in [3.63, 3.8) is 0 Å². The van der Waals surface area contributed by atoms with Gasteiger partial charge in [-0.25, -0.2) is 10.8 Å². The summed E-state index contributed by atoms with van der Waals surface area (Å²) in [5, 5.41) is 2.95. The normalized spacial score (nSPS) is 11.7. The van der Waals surface area contributed by atoms with Gasteiger partial charge in [0, 0.05) is 6.04 Å². The quantitative estimate of drug-likeness (QED) is 0.560. The number of anilines is 1. The number of hydrazine groups is 1. The average Bonchev–Trinajstić information content (AvgIpc) is 2.54. The number of hydrogen-bond acceptors (Lipinski definition) is 4. The number of nitrogens with one attached hydrogen (secondary N) is 2. The number of pyridine rings is 1. The lowest BCUT2D eigenvalue weighted by Crippen LogP contribution is -2.33. The van der Waals surface area contributed by atoms with E-state index in [9.17, 15) is 4.79 Å². The molecule has 0 aliphatic carbocycles. The number of aromatic nitrogens is 1. The third-order valence-corrected chi connectivity index (χ3v) is 3.22. The van der Waals surface area contributed by atoms with Gasteiger partial charge in [0.1, 0.15) is 11.5 Å². The fourth-order valence-corrected chi connectivity index (χ4v) is 2.04. The van der Waals surface area contributed by atoms with Crippen LogP contribution in [-0.4, -0.2) is 16.9 Å². The van der Waals surface area contributed by atoms with E-state index in [1.165, 1.54) is 5.56 Å². The van der Waals surface area contributed by atoms with Crippen LogP contribution in [0.25, 0.3) is 0 Å². The molecule has 4 N–H and O–H groups in total. The van der Waals surface area contributed by atoms with Crippen LogP contribution in [0.3, 0.4) is 0 Å². The maximum Gasteiger partial charge on any atom is 0.270 e. The van der Waals surface area contributed by atoms with Crippen LogP contribution in [0.15, 0.2) is 48.5 Å². The number of carbonyl (C=O) groups is 1. The number of carbonyl (C=O) groups excluding carboxylic acids is 1. The molecule has 0 aliphatic heterocycles. The first-order valence-electron chi connectivity index (χ1n) is 6.97. The van der Waals surface area contributed by atoms with Crippen molar-refractivity contribution >= 4 is 11.7 Å². The number of nitrogen functional groups attached to an aromatic ring is 1. The molecule has 1 aromatic carbocycles. The minimum absolute atomic E-state index is 0.0778. The third-order valence-electron chi connectivity index (χ3n) is 3.22. The van der Waals surface area contributed by atoms with E-state index in [-0.39, 0.29) is 11.9 Å². The van der Waals surface area contributed by atoms with E-state index in [1.807, 2.05) is 25.1 Å². The number of benzene rings is 1. The van der Waals surface area contributed by atoms with Gasteiger partial charge in [-0.05, 0) is 37.5 Å². The van der Waals surface area contributed by atoms with E-state index in [0.717, 1.165) is 12.8 Å². The predicted octanol–water partition coefficient (Wildman–Crippen LogP) is 2.12. The summed E-state index contributed by atoms with van der Waals surface area (Å²) >= 11 is 0. The number of nitrogens with zero attached hydrogens (tertiary/aromatic N) is 1. The van der Waals surface area contributed by atoms with E-state index in [4.69, 9.17) is 5.84 Å². The fraction of sp³-hybridized carbons (Fsp3) is 0.250. The van der Waals surface area contributed by atoms with Gasteiger partial charge in [0.05, 0.1) is 0 Å². The molecule has 0 fully saturated rings. The summed E-state index contributed by atoms with van der Waals surface area (Å²) < 4.78 is 0. The van der Waals surface area contributed by atoms with Crippen LogP contribution in [0, 0.1) is 0 Å². The monoisotopic (exact) mass is 284 g/mol. The Morgan fingerprint density at radius 3 is 2.67 bits per heavy atom. The first-order valence-corrected chi connectivity index (χ1v) is 6.97. The summed E-state index contributed by atoms with van der Waals surface area (Å²) in [6, 6.07) is 15.4. The number of nitrogens with two attached hydrogens (primary N) is 1. The van der Waals surface area contributed by atoms with Crippen LogP contribution in [0.1, 0.15) is 29.4 Å². The van der Waals surface area contributed by atoms with Crippen LogP contribution >= 0.6 is 0 Å². The van der Waals surface area contributed by atoms with Crippen molar-refractivity contribution in [2.24, 2.45) is 5.84 Å². The summed E-state index contributed by atoms with van der Waals surface area (Å²) in [7, 11) is 0. The van der Waals surface area contributed by atoms with Crippen LogP contribution in [0.5, 0.6) is 0 Å². The molecule has 21 heavy (non-hydrogen) atoms. The first-order chi connectivity index (χ1) is 10.2. The molecule has 0 radical (unpaired) electrons. The Morgan fingerprint density at radius 2 is 1.95 bits per heavy atom. The minimum Gasteiger partial charge on any atom is -0.348 e. The van der Waals surface area contributed by atoms with Gasteiger partial charge in [-0.1, -0.05) is 36.4 Å². The van der Waals surface area contributed by atoms with Gasteiger partial charge in [0.15, 0.2) is 0 Å². The van der Waals surface area contributed by atoms with Gasteiger partial charge in [-0.15, -0.1) is 0 Å². The molecular formula is C16H20N4O. The van der Waals surface area contributed by atoms with Crippen LogP contribution < -0.4 is 16.6 Å². The second-order valence-electron chi connectivity index (χ2n) is 4.95. The minimum atomic E-state index is -0.187. The zero-order valence-corrected chi connectivity index (χ0v) is 12.0. The SMILES string of the molecule is CC(CCc1ccccc1)NC(=O)c1cccc(NN)n1. The van der Waals surface area contributed by atoms with Gasteiger partial charge in [-0.2, -0.15) is 0 Å². The highest BCUT2D eigenvalue weighted by Gasteiger charge is 2.11. The zero-order valence-electron chi connectivity index (χ0n) is 12.0. The second-order valence-corrected chi connectivity index (χ2v) is 4.95. The van der Waals surface area contributed by atoms with Crippen LogP contribution in [-0.2, 0) is 6.42 Å². The molecule has 1 amide bonds.